The molecule has 1 unspecified atom stereocenters. The Morgan fingerprint density at radius 2 is 2.08 bits per heavy atom. The van der Waals surface area contributed by atoms with Gasteiger partial charge in [-0.2, -0.15) is 0 Å². The number of fused-ring (bicyclic) bond motifs is 1. The van der Waals surface area contributed by atoms with Gasteiger partial charge in [-0.25, -0.2) is 13.8 Å². The van der Waals surface area contributed by atoms with Gasteiger partial charge < -0.3 is 16.0 Å². The normalized spacial score (nSPS) is 12.4. The van der Waals surface area contributed by atoms with Crippen LogP contribution in [0, 0.1) is 11.6 Å². The zero-order valence-corrected chi connectivity index (χ0v) is 15.2. The number of aromatic nitrogens is 1. The Morgan fingerprint density at radius 1 is 1.32 bits per heavy atom. The summed E-state index contributed by atoms with van der Waals surface area (Å²) in [5.41, 5.74) is 6.05. The summed E-state index contributed by atoms with van der Waals surface area (Å²) < 4.78 is 27.6. The van der Waals surface area contributed by atoms with Gasteiger partial charge in [-0.3, -0.25) is 4.79 Å². The highest BCUT2D eigenvalue weighted by atomic mass is 32.1. The molecular formula is C16H16F2N4OS2. The van der Waals surface area contributed by atoms with Gasteiger partial charge in [0.2, 0.25) is 0 Å². The minimum absolute atomic E-state index is 0.0450. The van der Waals surface area contributed by atoms with Crippen molar-refractivity contribution in [1.82, 2.24) is 10.3 Å². The predicted molar refractivity (Wildman–Crippen MR) is 97.4 cm³/mol. The van der Waals surface area contributed by atoms with Crippen molar-refractivity contribution in [2.45, 2.75) is 6.04 Å². The van der Waals surface area contributed by atoms with Crippen molar-refractivity contribution in [2.24, 2.45) is 5.73 Å². The van der Waals surface area contributed by atoms with Crippen molar-refractivity contribution in [3.05, 3.63) is 46.3 Å². The fourth-order valence-corrected chi connectivity index (χ4v) is 4.28. The number of halogens is 2. The topological polar surface area (TPSA) is 71.2 Å². The molecule has 0 fully saturated rings. The Labute approximate surface area is 151 Å². The Morgan fingerprint density at radius 3 is 2.72 bits per heavy atom. The summed E-state index contributed by atoms with van der Waals surface area (Å²) in [6.07, 6.45) is 0. The Balaban J connectivity index is 1.66. The highest BCUT2D eigenvalue weighted by Gasteiger charge is 2.17. The summed E-state index contributed by atoms with van der Waals surface area (Å²) in [6, 6.07) is 4.23. The number of benzene rings is 1. The van der Waals surface area contributed by atoms with Crippen LogP contribution in [0.25, 0.3) is 9.53 Å². The second-order valence-corrected chi connectivity index (χ2v) is 7.69. The zero-order valence-electron chi connectivity index (χ0n) is 13.5. The molecule has 132 valence electrons. The number of hydrogen-bond acceptors (Lipinski definition) is 6. The van der Waals surface area contributed by atoms with E-state index in [0.29, 0.717) is 4.88 Å². The molecule has 0 aliphatic rings. The number of hydrogen-bond donors (Lipinski definition) is 2. The Bertz CT molecular complexity index is 891. The summed E-state index contributed by atoms with van der Waals surface area (Å²) in [6.45, 7) is 0.0450. The summed E-state index contributed by atoms with van der Waals surface area (Å²) >= 11 is 2.80. The average molecular weight is 382 g/mol. The number of nitrogens with one attached hydrogen (secondary N) is 1. The van der Waals surface area contributed by atoms with Crippen LogP contribution < -0.4 is 16.0 Å². The van der Waals surface area contributed by atoms with Crippen molar-refractivity contribution in [2.75, 3.05) is 25.5 Å². The van der Waals surface area contributed by atoms with E-state index in [1.165, 1.54) is 28.7 Å². The van der Waals surface area contributed by atoms with Crippen molar-refractivity contribution >= 4 is 43.2 Å². The molecule has 2 aromatic heterocycles. The van der Waals surface area contributed by atoms with Gasteiger partial charge in [0.25, 0.3) is 5.91 Å². The first kappa shape index (κ1) is 17.7. The van der Waals surface area contributed by atoms with Crippen molar-refractivity contribution in [3.63, 3.8) is 0 Å². The number of nitrogens with two attached hydrogens (primary N) is 1. The molecule has 3 aromatic rings. The lowest BCUT2D eigenvalue weighted by atomic mass is 10.1. The molecule has 0 aliphatic heterocycles. The van der Waals surface area contributed by atoms with Gasteiger partial charge in [0, 0.05) is 32.3 Å². The minimum atomic E-state index is -0.760. The van der Waals surface area contributed by atoms with E-state index in [4.69, 9.17) is 5.73 Å². The summed E-state index contributed by atoms with van der Waals surface area (Å²) in [7, 11) is 3.82. The van der Waals surface area contributed by atoms with Gasteiger partial charge in [-0.1, -0.05) is 17.4 Å². The quantitative estimate of drug-likeness (QED) is 0.711. The van der Waals surface area contributed by atoms with E-state index in [2.05, 4.69) is 10.3 Å². The van der Waals surface area contributed by atoms with Gasteiger partial charge in [0.1, 0.15) is 16.5 Å². The first-order valence-corrected chi connectivity index (χ1v) is 9.05. The van der Waals surface area contributed by atoms with Gasteiger partial charge in [0.15, 0.2) is 5.13 Å². The van der Waals surface area contributed by atoms with Crippen LogP contribution in [0.3, 0.4) is 0 Å². The Hall–Kier alpha value is -2.10. The number of rotatable bonds is 5. The molecule has 0 aliphatic carbocycles. The van der Waals surface area contributed by atoms with E-state index < -0.39 is 17.7 Å². The summed E-state index contributed by atoms with van der Waals surface area (Å²) in [5.74, 6) is -1.68. The number of carbonyl (C=O) groups excluding carboxylic acids is 1. The lowest BCUT2D eigenvalue weighted by Gasteiger charge is -2.13. The van der Waals surface area contributed by atoms with Crippen molar-refractivity contribution < 1.29 is 13.6 Å². The largest absolute Gasteiger partial charge is 0.354 e. The van der Waals surface area contributed by atoms with E-state index in [0.717, 1.165) is 26.8 Å². The van der Waals surface area contributed by atoms with Crippen molar-refractivity contribution in [1.29, 1.82) is 0 Å². The molecular weight excluding hydrogens is 366 g/mol. The molecule has 3 rings (SSSR count). The van der Waals surface area contributed by atoms with E-state index >= 15 is 0 Å². The molecule has 3 N–H and O–H groups in total. The third-order valence-corrected chi connectivity index (χ3v) is 5.86. The third-order valence-electron chi connectivity index (χ3n) is 3.53. The minimum Gasteiger partial charge on any atom is -0.354 e. The fourth-order valence-electron chi connectivity index (χ4n) is 2.23. The Kier molecular flexibility index (Phi) is 4.98. The molecule has 0 radical (unpaired) electrons. The molecule has 0 saturated heterocycles. The van der Waals surface area contributed by atoms with Gasteiger partial charge in [-0.15, -0.1) is 11.3 Å². The molecule has 0 bridgehead atoms. The van der Waals surface area contributed by atoms with Crippen LogP contribution in [0.15, 0.2) is 24.3 Å². The maximum Gasteiger partial charge on any atom is 0.261 e. The molecule has 1 amide bonds. The molecule has 1 aromatic carbocycles. The molecule has 25 heavy (non-hydrogen) atoms. The second kappa shape index (κ2) is 7.03. The number of thiophene rings is 1. The number of anilines is 1. The molecule has 9 heteroatoms. The second-order valence-electron chi connectivity index (χ2n) is 5.65. The van der Waals surface area contributed by atoms with Crippen LogP contribution in [-0.4, -0.2) is 31.5 Å². The first-order chi connectivity index (χ1) is 11.8. The van der Waals surface area contributed by atoms with E-state index in [-0.39, 0.29) is 18.0 Å². The van der Waals surface area contributed by atoms with Crippen LogP contribution in [0.1, 0.15) is 21.3 Å². The van der Waals surface area contributed by atoms with E-state index in [1.807, 2.05) is 19.0 Å². The number of carbonyl (C=O) groups is 1. The number of thiazole rings is 1. The monoisotopic (exact) mass is 382 g/mol. The molecule has 1 atom stereocenters. The zero-order chi connectivity index (χ0) is 18.1. The SMILES string of the molecule is CN(C)c1nc2sc(C(=O)NCC(N)c3ccc(F)cc3F)cc2s1. The van der Waals surface area contributed by atoms with Crippen molar-refractivity contribution in [3.8, 4) is 0 Å². The lowest BCUT2D eigenvalue weighted by molar-refractivity contribution is 0.0955. The smallest absolute Gasteiger partial charge is 0.261 e. The third kappa shape index (κ3) is 3.78. The van der Waals surface area contributed by atoms with Gasteiger partial charge in [0.05, 0.1) is 15.6 Å². The van der Waals surface area contributed by atoms with Crippen LogP contribution >= 0.6 is 22.7 Å². The van der Waals surface area contributed by atoms with Crippen LogP contribution in [0.2, 0.25) is 0 Å². The van der Waals surface area contributed by atoms with E-state index in [1.54, 1.807) is 6.07 Å². The number of amides is 1. The van der Waals surface area contributed by atoms with Crippen LogP contribution in [-0.2, 0) is 0 Å². The van der Waals surface area contributed by atoms with E-state index in [9.17, 15) is 13.6 Å². The number of nitrogens with zero attached hydrogens (tertiary/aromatic N) is 2. The average Bonchev–Trinajstić information content (AvgIpc) is 3.11. The highest BCUT2D eigenvalue weighted by molar-refractivity contribution is 7.29. The summed E-state index contributed by atoms with van der Waals surface area (Å²) in [5, 5.41) is 3.56. The standard InChI is InChI=1S/C16H16F2N4OS2/c1-22(2)16-21-15-13(25-16)6-12(24-15)14(23)20-7-11(19)9-4-3-8(17)5-10(9)18/h3-6,11H,7,19H2,1-2H3,(H,20,23). The maximum atomic E-state index is 13.7. The maximum absolute atomic E-state index is 13.7. The molecule has 5 nitrogen and oxygen atoms in total. The molecule has 2 heterocycles. The van der Waals surface area contributed by atoms with Gasteiger partial charge >= 0.3 is 0 Å². The fraction of sp³-hybridized carbons (Fsp3) is 0.250. The first-order valence-electron chi connectivity index (χ1n) is 7.41. The highest BCUT2D eigenvalue weighted by Crippen LogP contribution is 2.33. The van der Waals surface area contributed by atoms with Crippen LogP contribution in [0.4, 0.5) is 13.9 Å². The summed E-state index contributed by atoms with van der Waals surface area (Å²) in [4.78, 5) is 19.9. The van der Waals surface area contributed by atoms with Crippen LogP contribution in [0.5, 0.6) is 0 Å². The predicted octanol–water partition coefficient (Wildman–Crippen LogP) is 3.13. The van der Waals surface area contributed by atoms with Gasteiger partial charge in [-0.05, 0) is 12.1 Å². The molecule has 0 saturated carbocycles. The lowest BCUT2D eigenvalue weighted by Crippen LogP contribution is -2.31. The molecule has 0 spiro atoms.